The van der Waals surface area contributed by atoms with Crippen molar-refractivity contribution in [2.75, 3.05) is 11.4 Å². The van der Waals surface area contributed by atoms with Crippen LogP contribution in [0, 0.1) is 11.7 Å². The Labute approximate surface area is 127 Å². The molecule has 0 aromatic heterocycles. The summed E-state index contributed by atoms with van der Waals surface area (Å²) in [6.07, 6.45) is 6.27. The average molecular weight is 298 g/mol. The zero-order valence-electron chi connectivity index (χ0n) is 12.5. The predicted molar refractivity (Wildman–Crippen MR) is 85.0 cm³/mol. The number of hydrogen-bond acceptors (Lipinski definition) is 1. The maximum Gasteiger partial charge on any atom is 0.123 e. The lowest BCUT2D eigenvalue weighted by Gasteiger charge is -2.33. The molecule has 1 nitrogen and oxygen atoms in total. The molecule has 1 aliphatic rings. The zero-order chi connectivity index (χ0) is 14.5. The molecule has 0 saturated heterocycles. The first-order valence-electron chi connectivity index (χ1n) is 7.73. The molecule has 1 aromatic carbocycles. The van der Waals surface area contributed by atoms with Crippen molar-refractivity contribution in [3.05, 3.63) is 29.6 Å². The van der Waals surface area contributed by atoms with Gasteiger partial charge >= 0.3 is 0 Å². The zero-order valence-corrected chi connectivity index (χ0v) is 13.3. The van der Waals surface area contributed by atoms with Crippen molar-refractivity contribution in [3.63, 3.8) is 0 Å². The molecule has 3 heteroatoms. The molecule has 0 heterocycles. The van der Waals surface area contributed by atoms with Gasteiger partial charge in [0.15, 0.2) is 0 Å². The predicted octanol–water partition coefficient (Wildman–Crippen LogP) is 5.36. The van der Waals surface area contributed by atoms with Crippen molar-refractivity contribution < 1.29 is 4.39 Å². The Balaban J connectivity index is 2.24. The van der Waals surface area contributed by atoms with E-state index in [1.54, 1.807) is 12.1 Å². The van der Waals surface area contributed by atoms with Gasteiger partial charge in [-0.25, -0.2) is 4.39 Å². The van der Waals surface area contributed by atoms with Gasteiger partial charge in [-0.05, 0) is 48.9 Å². The second-order valence-electron chi connectivity index (χ2n) is 6.22. The fourth-order valence-electron chi connectivity index (χ4n) is 3.05. The van der Waals surface area contributed by atoms with Crippen LogP contribution in [-0.2, 0) is 5.88 Å². The highest BCUT2D eigenvalue weighted by Crippen LogP contribution is 2.32. The van der Waals surface area contributed by atoms with Gasteiger partial charge in [0.1, 0.15) is 5.82 Å². The first kappa shape index (κ1) is 15.6. The molecular formula is C17H25ClFN. The van der Waals surface area contributed by atoms with Crippen LogP contribution in [0.4, 0.5) is 10.1 Å². The van der Waals surface area contributed by atoms with E-state index in [0.717, 1.165) is 24.2 Å². The Morgan fingerprint density at radius 1 is 1.30 bits per heavy atom. The van der Waals surface area contributed by atoms with Crippen LogP contribution in [0.3, 0.4) is 0 Å². The summed E-state index contributed by atoms with van der Waals surface area (Å²) < 4.78 is 13.4. The van der Waals surface area contributed by atoms with Crippen LogP contribution < -0.4 is 4.90 Å². The second kappa shape index (κ2) is 7.31. The molecule has 1 aliphatic carbocycles. The quantitative estimate of drug-likeness (QED) is 0.639. The van der Waals surface area contributed by atoms with E-state index in [1.807, 2.05) is 6.07 Å². The lowest BCUT2D eigenvalue weighted by molar-refractivity contribution is 0.527. The normalized spacial score (nSPS) is 16.1. The first-order chi connectivity index (χ1) is 9.61. The van der Waals surface area contributed by atoms with Crippen molar-refractivity contribution in [3.8, 4) is 0 Å². The highest BCUT2D eigenvalue weighted by atomic mass is 35.5. The van der Waals surface area contributed by atoms with E-state index >= 15 is 0 Å². The van der Waals surface area contributed by atoms with Crippen molar-refractivity contribution in [2.24, 2.45) is 5.92 Å². The summed E-state index contributed by atoms with van der Waals surface area (Å²) >= 11 is 6.02. The Bertz CT molecular complexity index is 427. The number of alkyl halides is 1. The standard InChI is InChI=1S/C17H25ClFN/c1-13(2)9-10-20(16-5-3-4-6-16)17-8-7-15(19)11-14(17)12-18/h7-8,11,13,16H,3-6,9-10,12H2,1-2H3. The molecule has 0 atom stereocenters. The van der Waals surface area contributed by atoms with E-state index < -0.39 is 0 Å². The van der Waals surface area contributed by atoms with Gasteiger partial charge in [-0.2, -0.15) is 0 Å². The molecular weight excluding hydrogens is 273 g/mol. The van der Waals surface area contributed by atoms with Gasteiger partial charge in [-0.15, -0.1) is 11.6 Å². The summed E-state index contributed by atoms with van der Waals surface area (Å²) in [6, 6.07) is 5.65. The molecule has 0 unspecified atom stereocenters. The Morgan fingerprint density at radius 3 is 2.60 bits per heavy atom. The van der Waals surface area contributed by atoms with E-state index in [2.05, 4.69) is 18.7 Å². The first-order valence-corrected chi connectivity index (χ1v) is 8.26. The molecule has 0 amide bonds. The van der Waals surface area contributed by atoms with Crippen LogP contribution >= 0.6 is 11.6 Å². The largest absolute Gasteiger partial charge is 0.368 e. The molecule has 1 fully saturated rings. The van der Waals surface area contributed by atoms with Gasteiger partial charge in [0.05, 0.1) is 0 Å². The van der Waals surface area contributed by atoms with Gasteiger partial charge in [-0.1, -0.05) is 26.7 Å². The molecule has 0 spiro atoms. The van der Waals surface area contributed by atoms with Crippen LogP contribution in [0.15, 0.2) is 18.2 Å². The van der Waals surface area contributed by atoms with Crippen molar-refractivity contribution >= 4 is 17.3 Å². The maximum atomic E-state index is 13.4. The number of halogens is 2. The van der Waals surface area contributed by atoms with E-state index in [0.29, 0.717) is 17.8 Å². The molecule has 0 bridgehead atoms. The van der Waals surface area contributed by atoms with E-state index in [-0.39, 0.29) is 5.82 Å². The second-order valence-corrected chi connectivity index (χ2v) is 6.49. The van der Waals surface area contributed by atoms with Gasteiger partial charge < -0.3 is 4.90 Å². The molecule has 0 aliphatic heterocycles. The number of nitrogens with zero attached hydrogens (tertiary/aromatic N) is 1. The molecule has 1 aromatic rings. The topological polar surface area (TPSA) is 3.24 Å². The van der Waals surface area contributed by atoms with Gasteiger partial charge in [0, 0.05) is 24.2 Å². The average Bonchev–Trinajstić information content (AvgIpc) is 2.94. The summed E-state index contributed by atoms with van der Waals surface area (Å²) in [5.41, 5.74) is 2.05. The fraction of sp³-hybridized carbons (Fsp3) is 0.647. The number of anilines is 1. The summed E-state index contributed by atoms with van der Waals surface area (Å²) in [5, 5.41) is 0. The molecule has 1 saturated carbocycles. The molecule has 20 heavy (non-hydrogen) atoms. The van der Waals surface area contributed by atoms with Gasteiger partial charge in [0.25, 0.3) is 0 Å². The minimum atomic E-state index is -0.195. The molecule has 2 rings (SSSR count). The van der Waals surface area contributed by atoms with Crippen LogP contribution in [-0.4, -0.2) is 12.6 Å². The SMILES string of the molecule is CC(C)CCN(c1ccc(F)cc1CCl)C1CCCC1. The summed E-state index contributed by atoms with van der Waals surface area (Å²) in [7, 11) is 0. The van der Waals surface area contributed by atoms with Crippen LogP contribution in [0.2, 0.25) is 0 Å². The molecule has 0 radical (unpaired) electrons. The summed E-state index contributed by atoms with van der Waals surface area (Å²) in [6.45, 7) is 5.54. The lowest BCUT2D eigenvalue weighted by Crippen LogP contribution is -2.35. The summed E-state index contributed by atoms with van der Waals surface area (Å²) in [5.74, 6) is 0.858. The third-order valence-electron chi connectivity index (χ3n) is 4.21. The van der Waals surface area contributed by atoms with Gasteiger partial charge in [0.2, 0.25) is 0 Å². The van der Waals surface area contributed by atoms with Gasteiger partial charge in [-0.3, -0.25) is 0 Å². The minimum Gasteiger partial charge on any atom is -0.368 e. The van der Waals surface area contributed by atoms with Crippen molar-refractivity contribution in [1.82, 2.24) is 0 Å². The minimum absolute atomic E-state index is 0.195. The monoisotopic (exact) mass is 297 g/mol. The number of benzene rings is 1. The Kier molecular flexibility index (Phi) is 5.71. The van der Waals surface area contributed by atoms with Crippen LogP contribution in [0.25, 0.3) is 0 Å². The number of hydrogen-bond donors (Lipinski definition) is 0. The van der Waals surface area contributed by atoms with E-state index in [1.165, 1.54) is 25.7 Å². The fourth-order valence-corrected chi connectivity index (χ4v) is 3.27. The number of rotatable bonds is 6. The van der Waals surface area contributed by atoms with Crippen LogP contribution in [0.1, 0.15) is 51.5 Å². The summed E-state index contributed by atoms with van der Waals surface area (Å²) in [4.78, 5) is 2.48. The maximum absolute atomic E-state index is 13.4. The smallest absolute Gasteiger partial charge is 0.123 e. The Hall–Kier alpha value is -0.760. The van der Waals surface area contributed by atoms with Crippen molar-refractivity contribution in [2.45, 2.75) is 57.9 Å². The molecule has 0 N–H and O–H groups in total. The lowest BCUT2D eigenvalue weighted by atomic mass is 10.1. The third-order valence-corrected chi connectivity index (χ3v) is 4.50. The van der Waals surface area contributed by atoms with E-state index in [4.69, 9.17) is 11.6 Å². The van der Waals surface area contributed by atoms with Crippen molar-refractivity contribution in [1.29, 1.82) is 0 Å². The van der Waals surface area contributed by atoms with Crippen LogP contribution in [0.5, 0.6) is 0 Å². The molecule has 112 valence electrons. The highest BCUT2D eigenvalue weighted by Gasteiger charge is 2.24. The van der Waals surface area contributed by atoms with E-state index in [9.17, 15) is 4.39 Å². The third kappa shape index (κ3) is 3.88. The Morgan fingerprint density at radius 2 is 2.00 bits per heavy atom. The highest BCUT2D eigenvalue weighted by molar-refractivity contribution is 6.17.